The molecule has 1 aliphatic heterocycles. The molecule has 2 N–H and O–H groups in total. The Morgan fingerprint density at radius 3 is 2.70 bits per heavy atom. The van der Waals surface area contributed by atoms with Gasteiger partial charge < -0.3 is 19.9 Å². The van der Waals surface area contributed by atoms with Gasteiger partial charge in [-0.15, -0.1) is 0 Å². The second-order valence-electron chi connectivity index (χ2n) is 5.57. The highest BCUT2D eigenvalue weighted by atomic mass is 16.5. The Labute approximate surface area is 133 Å². The number of ether oxygens (including phenoxy) is 1. The van der Waals surface area contributed by atoms with Crippen LogP contribution in [0.15, 0.2) is 30.6 Å². The van der Waals surface area contributed by atoms with Crippen molar-refractivity contribution in [3.8, 4) is 0 Å². The fourth-order valence-corrected chi connectivity index (χ4v) is 2.66. The maximum absolute atomic E-state index is 5.40. The number of fused-ring (bicyclic) bond motifs is 1. The van der Waals surface area contributed by atoms with Crippen molar-refractivity contribution < 1.29 is 4.74 Å². The highest BCUT2D eigenvalue weighted by molar-refractivity contribution is 5.85. The topological polar surface area (TPSA) is 79.0 Å². The van der Waals surface area contributed by atoms with Crippen LogP contribution in [0, 0.1) is 6.92 Å². The molecule has 0 saturated carbocycles. The Bertz CT molecular complexity index is 807. The maximum Gasteiger partial charge on any atom is 0.207 e. The molecule has 1 aromatic carbocycles. The minimum atomic E-state index is 0.663. The molecule has 1 aliphatic rings. The van der Waals surface area contributed by atoms with Crippen LogP contribution >= 0.6 is 0 Å². The zero-order chi connectivity index (χ0) is 15.6. The summed E-state index contributed by atoms with van der Waals surface area (Å²) >= 11 is 0. The molecule has 7 heteroatoms. The summed E-state index contributed by atoms with van der Waals surface area (Å²) < 4.78 is 5.40. The molecule has 118 valence electrons. The zero-order valence-corrected chi connectivity index (χ0v) is 12.9. The van der Waals surface area contributed by atoms with E-state index >= 15 is 0 Å². The molecule has 3 aromatic rings. The number of aromatic amines is 1. The lowest BCUT2D eigenvalue weighted by molar-refractivity contribution is 0.122. The average Bonchev–Trinajstić information content (AvgIpc) is 3.00. The summed E-state index contributed by atoms with van der Waals surface area (Å²) in [5.74, 6) is 1.54. The van der Waals surface area contributed by atoms with Gasteiger partial charge in [-0.05, 0) is 19.1 Å². The fourth-order valence-electron chi connectivity index (χ4n) is 2.66. The number of imidazole rings is 1. The number of hydrogen-bond donors (Lipinski definition) is 2. The zero-order valence-electron chi connectivity index (χ0n) is 12.9. The van der Waals surface area contributed by atoms with Crippen molar-refractivity contribution in [1.29, 1.82) is 0 Å². The number of morpholine rings is 1. The van der Waals surface area contributed by atoms with Crippen LogP contribution < -0.4 is 10.2 Å². The molecule has 0 aliphatic carbocycles. The van der Waals surface area contributed by atoms with E-state index in [1.807, 2.05) is 12.1 Å². The van der Waals surface area contributed by atoms with Gasteiger partial charge in [-0.25, -0.2) is 9.97 Å². The Hall–Kier alpha value is -2.67. The van der Waals surface area contributed by atoms with E-state index in [1.165, 1.54) is 5.56 Å². The van der Waals surface area contributed by atoms with Crippen molar-refractivity contribution in [2.45, 2.75) is 6.92 Å². The summed E-state index contributed by atoms with van der Waals surface area (Å²) in [6.45, 7) is 5.15. The number of rotatable bonds is 3. The number of nitrogens with zero attached hydrogens (tertiary/aromatic N) is 4. The molecule has 0 spiro atoms. The Kier molecular flexibility index (Phi) is 3.55. The predicted molar refractivity (Wildman–Crippen MR) is 89.2 cm³/mol. The third-order valence-electron chi connectivity index (χ3n) is 3.89. The van der Waals surface area contributed by atoms with Crippen LogP contribution in [0.2, 0.25) is 0 Å². The molecule has 0 unspecified atom stereocenters. The second-order valence-corrected chi connectivity index (χ2v) is 5.57. The molecule has 0 amide bonds. The van der Waals surface area contributed by atoms with Gasteiger partial charge in [0.15, 0.2) is 11.5 Å². The summed E-state index contributed by atoms with van der Waals surface area (Å²) in [6, 6.07) is 8.17. The van der Waals surface area contributed by atoms with Crippen LogP contribution in [0.5, 0.6) is 0 Å². The van der Waals surface area contributed by atoms with Gasteiger partial charge in [-0.3, -0.25) is 0 Å². The first-order valence-corrected chi connectivity index (χ1v) is 7.67. The van der Waals surface area contributed by atoms with Gasteiger partial charge in [0.1, 0.15) is 11.8 Å². The summed E-state index contributed by atoms with van der Waals surface area (Å²) in [7, 11) is 0. The molecule has 2 aromatic heterocycles. The fraction of sp³-hybridized carbons (Fsp3) is 0.312. The lowest BCUT2D eigenvalue weighted by Gasteiger charge is -2.27. The number of H-pyrrole nitrogens is 1. The average molecular weight is 310 g/mol. The highest BCUT2D eigenvalue weighted by Crippen LogP contribution is 2.24. The van der Waals surface area contributed by atoms with Gasteiger partial charge >= 0.3 is 0 Å². The largest absolute Gasteiger partial charge is 0.378 e. The quantitative estimate of drug-likeness (QED) is 0.772. The van der Waals surface area contributed by atoms with Crippen molar-refractivity contribution in [1.82, 2.24) is 19.9 Å². The van der Waals surface area contributed by atoms with Gasteiger partial charge in [0.2, 0.25) is 5.95 Å². The van der Waals surface area contributed by atoms with Gasteiger partial charge in [-0.1, -0.05) is 17.7 Å². The number of nitrogens with one attached hydrogen (secondary N) is 2. The van der Waals surface area contributed by atoms with Crippen molar-refractivity contribution >= 4 is 28.6 Å². The Morgan fingerprint density at radius 1 is 1.13 bits per heavy atom. The normalized spacial score (nSPS) is 15.1. The molecule has 3 heterocycles. The number of benzene rings is 1. The maximum atomic E-state index is 5.40. The number of anilines is 3. The SMILES string of the molecule is Cc1ccc(Nc2nc3ncnc(N4CCOCC4)c3[nH]2)cc1. The van der Waals surface area contributed by atoms with Crippen LogP contribution in [-0.4, -0.2) is 46.2 Å². The first-order valence-electron chi connectivity index (χ1n) is 7.67. The minimum absolute atomic E-state index is 0.663. The Balaban J connectivity index is 1.65. The van der Waals surface area contributed by atoms with E-state index in [4.69, 9.17) is 4.74 Å². The van der Waals surface area contributed by atoms with Gasteiger partial charge in [0, 0.05) is 18.8 Å². The van der Waals surface area contributed by atoms with E-state index in [0.29, 0.717) is 24.8 Å². The van der Waals surface area contributed by atoms with Crippen LogP contribution in [0.4, 0.5) is 17.5 Å². The van der Waals surface area contributed by atoms with Crippen LogP contribution in [-0.2, 0) is 4.74 Å². The molecular weight excluding hydrogens is 292 g/mol. The number of aromatic nitrogens is 4. The van der Waals surface area contributed by atoms with Crippen molar-refractivity contribution in [3.63, 3.8) is 0 Å². The lowest BCUT2D eigenvalue weighted by Crippen LogP contribution is -2.36. The van der Waals surface area contributed by atoms with Crippen LogP contribution in [0.1, 0.15) is 5.56 Å². The number of hydrogen-bond acceptors (Lipinski definition) is 6. The summed E-state index contributed by atoms with van der Waals surface area (Å²) in [6.07, 6.45) is 1.56. The minimum Gasteiger partial charge on any atom is -0.378 e. The molecular formula is C16H18N6O. The van der Waals surface area contributed by atoms with Crippen LogP contribution in [0.3, 0.4) is 0 Å². The molecule has 4 rings (SSSR count). The highest BCUT2D eigenvalue weighted by Gasteiger charge is 2.18. The van der Waals surface area contributed by atoms with Crippen LogP contribution in [0.25, 0.3) is 11.2 Å². The molecule has 1 fully saturated rings. The Morgan fingerprint density at radius 2 is 1.91 bits per heavy atom. The van der Waals surface area contributed by atoms with E-state index in [2.05, 4.69) is 49.2 Å². The summed E-state index contributed by atoms with van der Waals surface area (Å²) in [5, 5.41) is 3.27. The lowest BCUT2D eigenvalue weighted by atomic mass is 10.2. The number of aryl methyl sites for hydroxylation is 1. The van der Waals surface area contributed by atoms with Gasteiger partial charge in [-0.2, -0.15) is 4.98 Å². The third-order valence-corrected chi connectivity index (χ3v) is 3.89. The van der Waals surface area contributed by atoms with E-state index in [-0.39, 0.29) is 0 Å². The van der Waals surface area contributed by atoms with Crippen molar-refractivity contribution in [2.75, 3.05) is 36.5 Å². The molecule has 0 bridgehead atoms. The van der Waals surface area contributed by atoms with E-state index in [9.17, 15) is 0 Å². The molecule has 1 saturated heterocycles. The van der Waals surface area contributed by atoms with Gasteiger partial charge in [0.25, 0.3) is 0 Å². The van der Waals surface area contributed by atoms with Crippen molar-refractivity contribution in [2.24, 2.45) is 0 Å². The van der Waals surface area contributed by atoms with Gasteiger partial charge in [0.05, 0.1) is 13.2 Å². The summed E-state index contributed by atoms with van der Waals surface area (Å²) in [4.78, 5) is 18.7. The smallest absolute Gasteiger partial charge is 0.207 e. The molecule has 23 heavy (non-hydrogen) atoms. The summed E-state index contributed by atoms with van der Waals surface area (Å²) in [5.41, 5.74) is 3.72. The van der Waals surface area contributed by atoms with E-state index in [1.54, 1.807) is 6.33 Å². The molecule has 7 nitrogen and oxygen atoms in total. The first-order chi connectivity index (χ1) is 11.3. The molecule has 0 atom stereocenters. The molecule has 0 radical (unpaired) electrons. The van der Waals surface area contributed by atoms with E-state index < -0.39 is 0 Å². The standard InChI is InChI=1S/C16H18N6O/c1-11-2-4-12(5-3-11)19-16-20-13-14(21-16)17-10-18-15(13)22-6-8-23-9-7-22/h2-5,10H,6-9H2,1H3,(H2,17,18,19,20,21). The first kappa shape index (κ1) is 14.0. The van der Waals surface area contributed by atoms with E-state index in [0.717, 1.165) is 30.1 Å². The monoisotopic (exact) mass is 310 g/mol. The predicted octanol–water partition coefficient (Wildman–Crippen LogP) is 2.24. The third kappa shape index (κ3) is 2.83. The second kappa shape index (κ2) is 5.85. The van der Waals surface area contributed by atoms with Crippen molar-refractivity contribution in [3.05, 3.63) is 36.2 Å².